The van der Waals surface area contributed by atoms with Crippen LogP contribution in [0.2, 0.25) is 0 Å². The Balaban J connectivity index is 1.62. The summed E-state index contributed by atoms with van der Waals surface area (Å²) in [7, 11) is 0. The molecule has 0 aliphatic carbocycles. The summed E-state index contributed by atoms with van der Waals surface area (Å²) in [5.41, 5.74) is 1.17. The molecule has 2 aliphatic heterocycles. The second-order valence-corrected chi connectivity index (χ2v) is 6.64. The summed E-state index contributed by atoms with van der Waals surface area (Å²) in [6.07, 6.45) is 6.40. The largest absolute Gasteiger partial charge is 0.435 e. The van der Waals surface area contributed by atoms with Crippen LogP contribution in [0.5, 0.6) is 5.75 Å². The van der Waals surface area contributed by atoms with Crippen molar-refractivity contribution in [3.05, 3.63) is 29.8 Å². The van der Waals surface area contributed by atoms with Crippen molar-refractivity contribution in [3.8, 4) is 5.75 Å². The quantitative estimate of drug-likeness (QED) is 0.895. The zero-order valence-electron chi connectivity index (χ0n) is 13.5. The second-order valence-electron chi connectivity index (χ2n) is 6.64. The highest BCUT2D eigenvalue weighted by molar-refractivity contribution is 5.27. The molecule has 1 unspecified atom stereocenters. The van der Waals surface area contributed by atoms with Crippen molar-refractivity contribution in [2.75, 3.05) is 19.6 Å². The number of rotatable bonds is 5. The number of hydrogen-bond acceptors (Lipinski definition) is 3. The van der Waals surface area contributed by atoms with Crippen LogP contribution in [0.25, 0.3) is 0 Å². The normalized spacial score (nSPS) is 24.0. The van der Waals surface area contributed by atoms with Gasteiger partial charge < -0.3 is 10.1 Å². The van der Waals surface area contributed by atoms with E-state index in [0.29, 0.717) is 6.04 Å². The van der Waals surface area contributed by atoms with Crippen LogP contribution in [0.15, 0.2) is 24.3 Å². The topological polar surface area (TPSA) is 24.5 Å². The summed E-state index contributed by atoms with van der Waals surface area (Å²) in [5.74, 6) is 1.02. The molecule has 3 nitrogen and oxygen atoms in total. The van der Waals surface area contributed by atoms with Gasteiger partial charge in [-0.2, -0.15) is 8.78 Å². The average molecular weight is 324 g/mol. The van der Waals surface area contributed by atoms with Crippen molar-refractivity contribution >= 4 is 0 Å². The van der Waals surface area contributed by atoms with Crippen LogP contribution in [-0.2, 0) is 6.54 Å². The number of ether oxygens (including phenoxy) is 1. The fourth-order valence-electron chi connectivity index (χ4n) is 3.99. The lowest BCUT2D eigenvalue weighted by molar-refractivity contribution is -0.0498. The summed E-state index contributed by atoms with van der Waals surface area (Å²) in [6, 6.07) is 7.77. The number of benzene rings is 1. The Morgan fingerprint density at radius 1 is 1.09 bits per heavy atom. The van der Waals surface area contributed by atoms with Gasteiger partial charge in [0.15, 0.2) is 0 Å². The fraction of sp³-hybridized carbons (Fsp3) is 0.667. The van der Waals surface area contributed by atoms with Gasteiger partial charge in [-0.1, -0.05) is 18.6 Å². The number of halogens is 2. The molecule has 1 N–H and O–H groups in total. The van der Waals surface area contributed by atoms with Gasteiger partial charge in [-0.15, -0.1) is 0 Å². The highest BCUT2D eigenvalue weighted by Crippen LogP contribution is 2.30. The first-order valence-corrected chi connectivity index (χ1v) is 8.71. The molecule has 2 saturated heterocycles. The van der Waals surface area contributed by atoms with Crippen molar-refractivity contribution in [1.82, 2.24) is 10.2 Å². The SMILES string of the molecule is FC(F)Oc1ccc(CN2CCCCC2C2CCNCC2)cc1. The van der Waals surface area contributed by atoms with Gasteiger partial charge >= 0.3 is 6.61 Å². The van der Waals surface area contributed by atoms with Gasteiger partial charge in [-0.25, -0.2) is 0 Å². The maximum atomic E-state index is 12.2. The van der Waals surface area contributed by atoms with Crippen LogP contribution in [0.3, 0.4) is 0 Å². The summed E-state index contributed by atoms with van der Waals surface area (Å²) in [4.78, 5) is 2.60. The van der Waals surface area contributed by atoms with Crippen molar-refractivity contribution in [2.24, 2.45) is 5.92 Å². The second kappa shape index (κ2) is 8.06. The van der Waals surface area contributed by atoms with Crippen LogP contribution in [0.1, 0.15) is 37.7 Å². The van der Waals surface area contributed by atoms with Gasteiger partial charge in [-0.05, 0) is 68.9 Å². The Labute approximate surface area is 137 Å². The zero-order chi connectivity index (χ0) is 16.1. The van der Waals surface area contributed by atoms with Gasteiger partial charge in [0.25, 0.3) is 0 Å². The third kappa shape index (κ3) is 4.64. The van der Waals surface area contributed by atoms with Crippen molar-refractivity contribution in [2.45, 2.75) is 51.3 Å². The molecule has 1 atom stereocenters. The summed E-state index contributed by atoms with van der Waals surface area (Å²) in [6.45, 7) is 1.56. The van der Waals surface area contributed by atoms with Crippen molar-refractivity contribution in [1.29, 1.82) is 0 Å². The Bertz CT molecular complexity index is 474. The molecule has 0 bridgehead atoms. The van der Waals surface area contributed by atoms with Crippen LogP contribution < -0.4 is 10.1 Å². The Morgan fingerprint density at radius 2 is 1.83 bits per heavy atom. The van der Waals surface area contributed by atoms with Crippen LogP contribution in [0, 0.1) is 5.92 Å². The first-order chi connectivity index (χ1) is 11.2. The minimum absolute atomic E-state index is 0.234. The van der Waals surface area contributed by atoms with E-state index in [-0.39, 0.29) is 5.75 Å². The van der Waals surface area contributed by atoms with Gasteiger partial charge in [0, 0.05) is 12.6 Å². The van der Waals surface area contributed by atoms with E-state index in [1.54, 1.807) is 12.1 Å². The van der Waals surface area contributed by atoms with Gasteiger partial charge in [0.1, 0.15) is 5.75 Å². The Kier molecular flexibility index (Phi) is 5.84. The van der Waals surface area contributed by atoms with Crippen LogP contribution in [-0.4, -0.2) is 37.2 Å². The Morgan fingerprint density at radius 3 is 2.52 bits per heavy atom. The first kappa shape index (κ1) is 16.7. The lowest BCUT2D eigenvalue weighted by Gasteiger charge is -2.42. The molecule has 1 aromatic rings. The zero-order valence-corrected chi connectivity index (χ0v) is 13.5. The van der Waals surface area contributed by atoms with Gasteiger partial charge in [0.2, 0.25) is 0 Å². The monoisotopic (exact) mass is 324 g/mol. The summed E-state index contributed by atoms with van der Waals surface area (Å²) in [5, 5.41) is 3.45. The van der Waals surface area contributed by atoms with E-state index in [4.69, 9.17) is 0 Å². The Hall–Kier alpha value is -1.20. The molecule has 0 radical (unpaired) electrons. The number of hydrogen-bond donors (Lipinski definition) is 1. The van der Waals surface area contributed by atoms with Gasteiger partial charge in [-0.3, -0.25) is 4.90 Å². The molecule has 1 aromatic carbocycles. The van der Waals surface area contributed by atoms with E-state index in [2.05, 4.69) is 15.0 Å². The molecular weight excluding hydrogens is 298 g/mol. The molecule has 0 aromatic heterocycles. The predicted molar refractivity (Wildman–Crippen MR) is 86.7 cm³/mol. The molecule has 0 saturated carbocycles. The summed E-state index contributed by atoms with van der Waals surface area (Å²) >= 11 is 0. The minimum atomic E-state index is -2.76. The van der Waals surface area contributed by atoms with E-state index >= 15 is 0 Å². The molecule has 23 heavy (non-hydrogen) atoms. The summed E-state index contributed by atoms with van der Waals surface area (Å²) < 4.78 is 28.9. The highest BCUT2D eigenvalue weighted by Gasteiger charge is 2.30. The van der Waals surface area contributed by atoms with Crippen LogP contribution >= 0.6 is 0 Å². The third-order valence-electron chi connectivity index (χ3n) is 5.13. The molecule has 2 fully saturated rings. The van der Waals surface area contributed by atoms with E-state index in [9.17, 15) is 8.78 Å². The standard InChI is InChI=1S/C18H26F2N2O/c19-18(20)23-16-6-4-14(5-7-16)13-22-12-2-1-3-17(22)15-8-10-21-11-9-15/h4-7,15,17-18,21H,1-3,8-13H2. The van der Waals surface area contributed by atoms with Crippen molar-refractivity contribution < 1.29 is 13.5 Å². The predicted octanol–water partition coefficient (Wildman–Crippen LogP) is 3.64. The first-order valence-electron chi connectivity index (χ1n) is 8.71. The highest BCUT2D eigenvalue weighted by atomic mass is 19.3. The third-order valence-corrected chi connectivity index (χ3v) is 5.13. The minimum Gasteiger partial charge on any atom is -0.435 e. The maximum absolute atomic E-state index is 12.2. The molecule has 2 heterocycles. The molecular formula is C18H26F2N2O. The number of piperidine rings is 2. The lowest BCUT2D eigenvalue weighted by Crippen LogP contribution is -2.46. The molecule has 2 aliphatic rings. The molecule has 3 rings (SSSR count). The fourth-order valence-corrected chi connectivity index (χ4v) is 3.99. The van der Waals surface area contributed by atoms with E-state index in [0.717, 1.165) is 32.1 Å². The van der Waals surface area contributed by atoms with E-state index < -0.39 is 6.61 Å². The number of likely N-dealkylation sites (tertiary alicyclic amines) is 1. The molecule has 128 valence electrons. The molecule has 5 heteroatoms. The van der Waals surface area contributed by atoms with Gasteiger partial charge in [0.05, 0.1) is 0 Å². The smallest absolute Gasteiger partial charge is 0.387 e. The molecule has 0 spiro atoms. The van der Waals surface area contributed by atoms with E-state index in [1.165, 1.54) is 37.7 Å². The lowest BCUT2D eigenvalue weighted by atomic mass is 9.84. The number of nitrogens with zero attached hydrogens (tertiary/aromatic N) is 1. The van der Waals surface area contributed by atoms with Crippen molar-refractivity contribution in [3.63, 3.8) is 0 Å². The van der Waals surface area contributed by atoms with Crippen LogP contribution in [0.4, 0.5) is 8.78 Å². The number of nitrogens with one attached hydrogen (secondary N) is 1. The van der Waals surface area contributed by atoms with E-state index in [1.807, 2.05) is 12.1 Å². The average Bonchev–Trinajstić information content (AvgIpc) is 2.57. The maximum Gasteiger partial charge on any atom is 0.387 e. The molecule has 0 amide bonds. The number of alkyl halides is 2.